The zero-order valence-electron chi connectivity index (χ0n) is 9.84. The minimum Gasteiger partial charge on any atom is -0.321 e. The Morgan fingerprint density at radius 3 is 2.89 bits per heavy atom. The maximum absolute atomic E-state index is 12.0. The molecule has 92 valence electrons. The Hall–Kier alpha value is -2.47. The third kappa shape index (κ3) is 2.80. The lowest BCUT2D eigenvalue weighted by Gasteiger charge is -2.06. The SMILES string of the molecule is Cc1cncc(NC(=O)c2ccnc(NN)c2)c1. The molecule has 6 heteroatoms. The van der Waals surface area contributed by atoms with E-state index in [0.29, 0.717) is 17.1 Å². The van der Waals surface area contributed by atoms with Crippen LogP contribution in [0.25, 0.3) is 0 Å². The van der Waals surface area contributed by atoms with E-state index >= 15 is 0 Å². The zero-order valence-corrected chi connectivity index (χ0v) is 9.84. The molecule has 2 aromatic heterocycles. The van der Waals surface area contributed by atoms with Crippen molar-refractivity contribution < 1.29 is 4.79 Å². The van der Waals surface area contributed by atoms with Crippen LogP contribution in [0.1, 0.15) is 15.9 Å². The summed E-state index contributed by atoms with van der Waals surface area (Å²) in [6, 6.07) is 5.02. The van der Waals surface area contributed by atoms with Gasteiger partial charge in [-0.25, -0.2) is 10.8 Å². The molecular weight excluding hydrogens is 230 g/mol. The van der Waals surface area contributed by atoms with E-state index in [1.807, 2.05) is 13.0 Å². The molecule has 0 radical (unpaired) electrons. The molecule has 0 saturated carbocycles. The second kappa shape index (κ2) is 5.24. The fourth-order valence-corrected chi connectivity index (χ4v) is 1.48. The highest BCUT2D eigenvalue weighted by Crippen LogP contribution is 2.11. The maximum Gasteiger partial charge on any atom is 0.255 e. The topological polar surface area (TPSA) is 92.9 Å². The van der Waals surface area contributed by atoms with E-state index in [2.05, 4.69) is 20.7 Å². The number of nitrogens with two attached hydrogens (primary N) is 1. The molecule has 0 spiro atoms. The predicted octanol–water partition coefficient (Wildman–Crippen LogP) is 1.32. The first-order chi connectivity index (χ1) is 8.69. The molecule has 0 unspecified atom stereocenters. The summed E-state index contributed by atoms with van der Waals surface area (Å²) in [5.74, 6) is 5.44. The van der Waals surface area contributed by atoms with Crippen LogP contribution in [0.2, 0.25) is 0 Å². The van der Waals surface area contributed by atoms with Crippen molar-refractivity contribution in [2.75, 3.05) is 10.7 Å². The fraction of sp³-hybridized carbons (Fsp3) is 0.0833. The molecule has 1 amide bonds. The van der Waals surface area contributed by atoms with Gasteiger partial charge >= 0.3 is 0 Å². The van der Waals surface area contributed by atoms with Crippen LogP contribution in [0.3, 0.4) is 0 Å². The van der Waals surface area contributed by atoms with Gasteiger partial charge in [-0.1, -0.05) is 0 Å². The number of carbonyl (C=O) groups is 1. The third-order valence-corrected chi connectivity index (χ3v) is 2.30. The first kappa shape index (κ1) is 12.0. The number of hydrazine groups is 1. The van der Waals surface area contributed by atoms with Gasteiger partial charge in [0, 0.05) is 18.0 Å². The molecule has 18 heavy (non-hydrogen) atoms. The van der Waals surface area contributed by atoms with E-state index in [0.717, 1.165) is 5.56 Å². The third-order valence-electron chi connectivity index (χ3n) is 2.30. The highest BCUT2D eigenvalue weighted by molar-refractivity contribution is 6.04. The van der Waals surface area contributed by atoms with Crippen LogP contribution in [-0.2, 0) is 0 Å². The van der Waals surface area contributed by atoms with Gasteiger partial charge in [-0.15, -0.1) is 0 Å². The molecule has 0 aliphatic rings. The van der Waals surface area contributed by atoms with Crippen LogP contribution < -0.4 is 16.6 Å². The van der Waals surface area contributed by atoms with Crippen molar-refractivity contribution in [3.8, 4) is 0 Å². The summed E-state index contributed by atoms with van der Waals surface area (Å²) in [6.07, 6.45) is 4.82. The van der Waals surface area contributed by atoms with Crippen LogP contribution in [-0.4, -0.2) is 15.9 Å². The molecular formula is C12H13N5O. The lowest BCUT2D eigenvalue weighted by Crippen LogP contribution is -2.14. The number of nitrogens with one attached hydrogen (secondary N) is 2. The van der Waals surface area contributed by atoms with Gasteiger partial charge in [0.15, 0.2) is 0 Å². The molecule has 0 aliphatic carbocycles. The monoisotopic (exact) mass is 243 g/mol. The minimum absolute atomic E-state index is 0.235. The molecule has 2 rings (SSSR count). The van der Waals surface area contributed by atoms with Gasteiger partial charge in [-0.05, 0) is 30.7 Å². The number of hydrogen-bond donors (Lipinski definition) is 3. The van der Waals surface area contributed by atoms with Crippen LogP contribution in [0.4, 0.5) is 11.5 Å². The maximum atomic E-state index is 12.0. The van der Waals surface area contributed by atoms with Crippen LogP contribution >= 0.6 is 0 Å². The van der Waals surface area contributed by atoms with E-state index in [1.165, 1.54) is 6.20 Å². The molecule has 2 aromatic rings. The van der Waals surface area contributed by atoms with Gasteiger partial charge in [0.05, 0.1) is 11.9 Å². The summed E-state index contributed by atoms with van der Waals surface area (Å²) in [5.41, 5.74) is 4.49. The summed E-state index contributed by atoms with van der Waals surface area (Å²) < 4.78 is 0. The molecule has 4 N–H and O–H groups in total. The molecule has 0 aromatic carbocycles. The lowest BCUT2D eigenvalue weighted by molar-refractivity contribution is 0.102. The summed E-state index contributed by atoms with van der Waals surface area (Å²) >= 11 is 0. The number of nitrogens with zero attached hydrogens (tertiary/aromatic N) is 2. The Labute approximate surface area is 104 Å². The number of aromatic nitrogens is 2. The number of anilines is 2. The van der Waals surface area contributed by atoms with Crippen molar-refractivity contribution in [2.45, 2.75) is 6.92 Å². The highest BCUT2D eigenvalue weighted by atomic mass is 16.1. The second-order valence-electron chi connectivity index (χ2n) is 3.78. The number of rotatable bonds is 3. The van der Waals surface area contributed by atoms with Crippen molar-refractivity contribution >= 4 is 17.4 Å². The van der Waals surface area contributed by atoms with Gasteiger partial charge in [0.2, 0.25) is 0 Å². The van der Waals surface area contributed by atoms with Crippen molar-refractivity contribution in [1.29, 1.82) is 0 Å². The van der Waals surface area contributed by atoms with Crippen molar-refractivity contribution in [3.63, 3.8) is 0 Å². The summed E-state index contributed by atoms with van der Waals surface area (Å²) in [5, 5.41) is 2.75. The molecule has 0 fully saturated rings. The number of pyridine rings is 2. The van der Waals surface area contributed by atoms with Gasteiger partial charge in [0.25, 0.3) is 5.91 Å². The Morgan fingerprint density at radius 1 is 1.33 bits per heavy atom. The lowest BCUT2D eigenvalue weighted by atomic mass is 10.2. The average molecular weight is 243 g/mol. The first-order valence-corrected chi connectivity index (χ1v) is 5.35. The molecule has 0 atom stereocenters. The molecule has 6 nitrogen and oxygen atoms in total. The number of nitrogen functional groups attached to an aromatic ring is 1. The highest BCUT2D eigenvalue weighted by Gasteiger charge is 2.07. The largest absolute Gasteiger partial charge is 0.321 e. The number of carbonyl (C=O) groups excluding carboxylic acids is 1. The van der Waals surface area contributed by atoms with Crippen LogP contribution in [0, 0.1) is 6.92 Å². The molecule has 2 heterocycles. The fourth-order valence-electron chi connectivity index (χ4n) is 1.48. The number of aryl methyl sites for hydroxylation is 1. The van der Waals surface area contributed by atoms with E-state index in [-0.39, 0.29) is 5.91 Å². The Balaban J connectivity index is 2.16. The quantitative estimate of drug-likeness (QED) is 0.558. The van der Waals surface area contributed by atoms with Gasteiger partial charge in [-0.2, -0.15) is 0 Å². The van der Waals surface area contributed by atoms with Gasteiger partial charge in [0.1, 0.15) is 5.82 Å². The average Bonchev–Trinajstić information content (AvgIpc) is 2.39. The van der Waals surface area contributed by atoms with E-state index in [9.17, 15) is 4.79 Å². The van der Waals surface area contributed by atoms with Crippen LogP contribution in [0.5, 0.6) is 0 Å². The smallest absolute Gasteiger partial charge is 0.255 e. The predicted molar refractivity (Wildman–Crippen MR) is 69.0 cm³/mol. The zero-order chi connectivity index (χ0) is 13.0. The molecule has 0 saturated heterocycles. The summed E-state index contributed by atoms with van der Waals surface area (Å²) in [4.78, 5) is 19.9. The minimum atomic E-state index is -0.235. The van der Waals surface area contributed by atoms with E-state index in [4.69, 9.17) is 5.84 Å². The van der Waals surface area contributed by atoms with E-state index in [1.54, 1.807) is 24.5 Å². The number of hydrogen-bond acceptors (Lipinski definition) is 5. The Kier molecular flexibility index (Phi) is 3.49. The van der Waals surface area contributed by atoms with Crippen LogP contribution in [0.15, 0.2) is 36.8 Å². The Bertz CT molecular complexity index is 570. The normalized spacial score (nSPS) is 9.89. The van der Waals surface area contributed by atoms with E-state index < -0.39 is 0 Å². The summed E-state index contributed by atoms with van der Waals surface area (Å²) in [7, 11) is 0. The second-order valence-corrected chi connectivity index (χ2v) is 3.78. The molecule has 0 aliphatic heterocycles. The van der Waals surface area contributed by atoms with Gasteiger partial charge < -0.3 is 10.7 Å². The standard InChI is InChI=1S/C12H13N5O/c1-8-4-10(7-14-6-8)16-12(18)9-2-3-15-11(5-9)17-13/h2-7H,13H2,1H3,(H,15,17)(H,16,18). The van der Waals surface area contributed by atoms with Crippen molar-refractivity contribution in [1.82, 2.24) is 9.97 Å². The molecule has 0 bridgehead atoms. The van der Waals surface area contributed by atoms with Gasteiger partial charge in [-0.3, -0.25) is 9.78 Å². The van der Waals surface area contributed by atoms with Crippen molar-refractivity contribution in [3.05, 3.63) is 47.9 Å². The Morgan fingerprint density at radius 2 is 2.17 bits per heavy atom. The first-order valence-electron chi connectivity index (χ1n) is 5.35. The van der Waals surface area contributed by atoms with Crippen molar-refractivity contribution in [2.24, 2.45) is 5.84 Å². The summed E-state index contributed by atoms with van der Waals surface area (Å²) in [6.45, 7) is 1.91. The number of amides is 1.